The van der Waals surface area contributed by atoms with Crippen molar-refractivity contribution in [3.63, 3.8) is 0 Å². The fraction of sp³-hybridized carbons (Fsp3) is 1.00. The highest BCUT2D eigenvalue weighted by Gasteiger charge is 2.34. The van der Waals surface area contributed by atoms with Crippen molar-refractivity contribution in [2.45, 2.75) is 26.4 Å². The van der Waals surface area contributed by atoms with Crippen molar-refractivity contribution in [3.05, 3.63) is 0 Å². The van der Waals surface area contributed by atoms with Gasteiger partial charge in [0.1, 0.15) is 5.60 Å². The summed E-state index contributed by atoms with van der Waals surface area (Å²) in [7, 11) is 0. The third kappa shape index (κ3) is 1.96. The van der Waals surface area contributed by atoms with Crippen LogP contribution < -0.4 is 0 Å². The Balaban J connectivity index is 2.12. The highest BCUT2D eigenvalue weighted by Crippen LogP contribution is 2.21. The monoisotopic (exact) mass is 144 g/mol. The molecule has 0 radical (unpaired) electrons. The zero-order valence-electron chi connectivity index (χ0n) is 7.02. The van der Waals surface area contributed by atoms with Crippen LogP contribution in [0.2, 0.25) is 0 Å². The van der Waals surface area contributed by atoms with Gasteiger partial charge in [-0.25, -0.2) is 0 Å². The van der Waals surface area contributed by atoms with Crippen molar-refractivity contribution < 1.29 is 9.47 Å². The summed E-state index contributed by atoms with van der Waals surface area (Å²) in [4.78, 5) is 0. The van der Waals surface area contributed by atoms with E-state index in [2.05, 4.69) is 20.8 Å². The summed E-state index contributed by atoms with van der Waals surface area (Å²) in [6, 6.07) is 0. The number of rotatable bonds is 3. The molecule has 0 N–H and O–H groups in total. The van der Waals surface area contributed by atoms with Gasteiger partial charge in [-0.05, 0) is 12.8 Å². The van der Waals surface area contributed by atoms with Crippen molar-refractivity contribution >= 4 is 0 Å². The molecule has 0 aliphatic carbocycles. The van der Waals surface area contributed by atoms with Crippen LogP contribution in [0, 0.1) is 5.92 Å². The predicted molar refractivity (Wildman–Crippen MR) is 40.0 cm³/mol. The lowest BCUT2D eigenvalue weighted by Gasteiger charge is -2.38. The van der Waals surface area contributed by atoms with Crippen LogP contribution in [0.25, 0.3) is 0 Å². The van der Waals surface area contributed by atoms with Crippen LogP contribution in [0.3, 0.4) is 0 Å². The zero-order chi connectivity index (χ0) is 7.61. The minimum absolute atomic E-state index is 0.0320. The molecular weight excluding hydrogens is 128 g/mol. The summed E-state index contributed by atoms with van der Waals surface area (Å²) in [5.74, 6) is 0.623. The molecule has 1 saturated heterocycles. The lowest BCUT2D eigenvalue weighted by atomic mass is 10.1. The maximum absolute atomic E-state index is 5.60. The predicted octanol–water partition coefficient (Wildman–Crippen LogP) is 1.45. The Kier molecular flexibility index (Phi) is 2.32. The Morgan fingerprint density at radius 3 is 2.40 bits per heavy atom. The molecular formula is C8H16O2. The van der Waals surface area contributed by atoms with E-state index in [1.165, 1.54) is 0 Å². The van der Waals surface area contributed by atoms with E-state index in [1.807, 2.05) is 0 Å². The van der Waals surface area contributed by atoms with Gasteiger partial charge >= 0.3 is 0 Å². The maximum Gasteiger partial charge on any atom is 0.112 e. The molecule has 60 valence electrons. The molecule has 10 heavy (non-hydrogen) atoms. The molecule has 1 fully saturated rings. The molecule has 0 amide bonds. The molecule has 2 nitrogen and oxygen atoms in total. The van der Waals surface area contributed by atoms with Crippen molar-refractivity contribution in [2.75, 3.05) is 19.8 Å². The van der Waals surface area contributed by atoms with Crippen molar-refractivity contribution in [1.29, 1.82) is 0 Å². The van der Waals surface area contributed by atoms with Crippen LogP contribution in [-0.2, 0) is 9.47 Å². The largest absolute Gasteiger partial charge is 0.375 e. The highest BCUT2D eigenvalue weighted by atomic mass is 16.6. The van der Waals surface area contributed by atoms with Gasteiger partial charge in [-0.3, -0.25) is 0 Å². The summed E-state index contributed by atoms with van der Waals surface area (Å²) >= 11 is 0. The van der Waals surface area contributed by atoms with E-state index in [0.717, 1.165) is 19.8 Å². The van der Waals surface area contributed by atoms with Crippen LogP contribution in [0.4, 0.5) is 0 Å². The molecule has 1 rings (SSSR count). The van der Waals surface area contributed by atoms with Gasteiger partial charge in [0, 0.05) is 6.61 Å². The van der Waals surface area contributed by atoms with E-state index >= 15 is 0 Å². The highest BCUT2D eigenvalue weighted by molar-refractivity contribution is 4.81. The van der Waals surface area contributed by atoms with Crippen molar-refractivity contribution in [2.24, 2.45) is 5.92 Å². The normalized spacial score (nSPS) is 22.8. The van der Waals surface area contributed by atoms with Gasteiger partial charge in [0.05, 0.1) is 13.2 Å². The average Bonchev–Trinajstić information content (AvgIpc) is 1.79. The molecule has 0 spiro atoms. The summed E-state index contributed by atoms with van der Waals surface area (Å²) in [5, 5.41) is 0. The van der Waals surface area contributed by atoms with E-state index in [1.54, 1.807) is 0 Å². The first-order valence-corrected chi connectivity index (χ1v) is 3.84. The van der Waals surface area contributed by atoms with Gasteiger partial charge < -0.3 is 9.47 Å². The van der Waals surface area contributed by atoms with Gasteiger partial charge in [0.25, 0.3) is 0 Å². The van der Waals surface area contributed by atoms with Crippen LogP contribution >= 0.6 is 0 Å². The maximum atomic E-state index is 5.60. The van der Waals surface area contributed by atoms with Gasteiger partial charge in [-0.15, -0.1) is 0 Å². The topological polar surface area (TPSA) is 18.5 Å². The smallest absolute Gasteiger partial charge is 0.112 e. The second-order valence-electron chi connectivity index (χ2n) is 3.65. The minimum Gasteiger partial charge on any atom is -0.375 e. The Morgan fingerprint density at radius 2 is 2.10 bits per heavy atom. The van der Waals surface area contributed by atoms with Crippen LogP contribution in [0.15, 0.2) is 0 Å². The number of ether oxygens (including phenoxy) is 2. The summed E-state index contributed by atoms with van der Waals surface area (Å²) in [6.45, 7) is 8.78. The molecule has 0 aromatic carbocycles. The fourth-order valence-electron chi connectivity index (χ4n) is 0.841. The van der Waals surface area contributed by atoms with E-state index in [-0.39, 0.29) is 5.60 Å². The molecule has 1 heterocycles. The first-order valence-electron chi connectivity index (χ1n) is 3.84. The molecule has 0 aromatic heterocycles. The van der Waals surface area contributed by atoms with Gasteiger partial charge in [-0.1, -0.05) is 13.8 Å². The zero-order valence-corrected chi connectivity index (χ0v) is 7.02. The second-order valence-corrected chi connectivity index (χ2v) is 3.65. The number of hydrogen-bond acceptors (Lipinski definition) is 2. The Hall–Kier alpha value is -0.0800. The minimum atomic E-state index is 0.0320. The van der Waals surface area contributed by atoms with E-state index in [4.69, 9.17) is 9.47 Å². The molecule has 1 aliphatic heterocycles. The quantitative estimate of drug-likeness (QED) is 0.597. The third-order valence-electron chi connectivity index (χ3n) is 1.58. The van der Waals surface area contributed by atoms with Gasteiger partial charge in [0.15, 0.2) is 0 Å². The first kappa shape index (κ1) is 8.02. The summed E-state index contributed by atoms with van der Waals surface area (Å²) < 4.78 is 10.6. The van der Waals surface area contributed by atoms with Crippen molar-refractivity contribution in [3.8, 4) is 0 Å². The molecule has 0 bridgehead atoms. The lowest BCUT2D eigenvalue weighted by Crippen LogP contribution is -2.49. The van der Waals surface area contributed by atoms with Gasteiger partial charge in [0.2, 0.25) is 0 Å². The van der Waals surface area contributed by atoms with Crippen LogP contribution in [-0.4, -0.2) is 25.4 Å². The molecule has 2 heteroatoms. The fourth-order valence-corrected chi connectivity index (χ4v) is 0.841. The Morgan fingerprint density at radius 1 is 1.50 bits per heavy atom. The Labute approximate surface area is 62.5 Å². The van der Waals surface area contributed by atoms with Gasteiger partial charge in [-0.2, -0.15) is 0 Å². The molecule has 0 atom stereocenters. The third-order valence-corrected chi connectivity index (χ3v) is 1.58. The SMILES string of the molecule is CC(C)COC1(C)COC1. The average molecular weight is 144 g/mol. The van der Waals surface area contributed by atoms with E-state index in [9.17, 15) is 0 Å². The summed E-state index contributed by atoms with van der Waals surface area (Å²) in [5.41, 5.74) is 0.0320. The van der Waals surface area contributed by atoms with E-state index < -0.39 is 0 Å². The molecule has 0 saturated carbocycles. The molecule has 0 unspecified atom stereocenters. The van der Waals surface area contributed by atoms with Crippen LogP contribution in [0.5, 0.6) is 0 Å². The summed E-state index contributed by atoms with van der Waals surface area (Å²) in [6.07, 6.45) is 0. The first-order chi connectivity index (χ1) is 4.62. The number of hydrogen-bond donors (Lipinski definition) is 0. The standard InChI is InChI=1S/C8H16O2/c1-7(2)4-10-8(3)5-9-6-8/h7H,4-6H2,1-3H3. The molecule has 1 aliphatic rings. The van der Waals surface area contributed by atoms with Crippen LogP contribution in [0.1, 0.15) is 20.8 Å². The lowest BCUT2D eigenvalue weighted by molar-refractivity contribution is -0.202. The second kappa shape index (κ2) is 2.89. The Bertz CT molecular complexity index is 106. The molecule has 0 aromatic rings. The van der Waals surface area contributed by atoms with E-state index in [0.29, 0.717) is 5.92 Å². The van der Waals surface area contributed by atoms with Crippen molar-refractivity contribution in [1.82, 2.24) is 0 Å².